The van der Waals surface area contributed by atoms with Crippen molar-refractivity contribution in [2.75, 3.05) is 16.8 Å². The Hall–Kier alpha value is -3.67. The quantitative estimate of drug-likeness (QED) is 0.262. The van der Waals surface area contributed by atoms with Crippen molar-refractivity contribution in [3.05, 3.63) is 102 Å². The van der Waals surface area contributed by atoms with Gasteiger partial charge >= 0.3 is 4.87 Å². The Labute approximate surface area is 252 Å². The number of fused-ring (bicyclic) bond motifs is 2. The number of carbonyl (C=O) groups is 3. The average Bonchev–Trinajstić information content (AvgIpc) is 3.44. The fourth-order valence-corrected chi connectivity index (χ4v) is 8.06. The van der Waals surface area contributed by atoms with E-state index in [1.54, 1.807) is 24.3 Å². The number of thiazole rings is 1. The second-order valence-electron chi connectivity index (χ2n) is 9.98. The van der Waals surface area contributed by atoms with Crippen LogP contribution in [0, 0.1) is 19.8 Å². The van der Waals surface area contributed by atoms with E-state index in [1.807, 2.05) is 56.3 Å². The summed E-state index contributed by atoms with van der Waals surface area (Å²) in [6, 6.07) is 20.0. The van der Waals surface area contributed by atoms with E-state index in [2.05, 4.69) is 26.2 Å². The van der Waals surface area contributed by atoms with Crippen molar-refractivity contribution in [3.63, 3.8) is 0 Å². The summed E-state index contributed by atoms with van der Waals surface area (Å²) in [5, 5.41) is 2.66. The van der Waals surface area contributed by atoms with Gasteiger partial charge in [0, 0.05) is 26.5 Å². The van der Waals surface area contributed by atoms with Gasteiger partial charge in [0.1, 0.15) is 11.0 Å². The molecule has 3 aromatic carbocycles. The van der Waals surface area contributed by atoms with E-state index in [-0.39, 0.29) is 29.2 Å². The highest BCUT2D eigenvalue weighted by Crippen LogP contribution is 2.54. The van der Waals surface area contributed by atoms with Crippen molar-refractivity contribution in [1.82, 2.24) is 4.98 Å². The van der Waals surface area contributed by atoms with Crippen LogP contribution in [0.25, 0.3) is 0 Å². The number of amides is 3. The van der Waals surface area contributed by atoms with Gasteiger partial charge in [-0.25, -0.2) is 4.90 Å². The number of rotatable bonds is 6. The number of thioether (sulfide) groups is 1. The van der Waals surface area contributed by atoms with E-state index in [0.717, 1.165) is 26.9 Å². The van der Waals surface area contributed by atoms with Gasteiger partial charge in [-0.3, -0.25) is 19.2 Å². The highest BCUT2D eigenvalue weighted by atomic mass is 79.9. The third-order valence-corrected chi connectivity index (χ3v) is 10.0. The summed E-state index contributed by atoms with van der Waals surface area (Å²) in [6.07, 6.45) is 0. The number of H-pyrrole nitrogens is 1. The molecule has 2 aliphatic heterocycles. The topological polar surface area (TPSA) is 109 Å². The van der Waals surface area contributed by atoms with Gasteiger partial charge in [0.15, 0.2) is 6.61 Å². The number of aryl methyl sites for hydroxylation is 2. The minimum atomic E-state index is -0.772. The Morgan fingerprint density at radius 3 is 2.37 bits per heavy atom. The van der Waals surface area contributed by atoms with Gasteiger partial charge in [-0.1, -0.05) is 74.4 Å². The van der Waals surface area contributed by atoms with Gasteiger partial charge in [-0.05, 0) is 56.3 Å². The number of halogens is 1. The van der Waals surface area contributed by atoms with Crippen molar-refractivity contribution in [1.29, 1.82) is 0 Å². The Morgan fingerprint density at radius 1 is 0.976 bits per heavy atom. The summed E-state index contributed by atoms with van der Waals surface area (Å²) in [6.45, 7) is 3.64. The minimum absolute atomic E-state index is 0.266. The molecule has 0 bridgehead atoms. The molecule has 4 aromatic rings. The third kappa shape index (κ3) is 5.25. The maximum Gasteiger partial charge on any atom is 0.305 e. The van der Waals surface area contributed by atoms with E-state index < -0.39 is 17.1 Å². The van der Waals surface area contributed by atoms with Crippen LogP contribution >= 0.6 is 39.0 Å². The van der Waals surface area contributed by atoms with E-state index in [0.29, 0.717) is 32.6 Å². The molecule has 2 aliphatic rings. The van der Waals surface area contributed by atoms with Crippen LogP contribution in [0.5, 0.6) is 5.75 Å². The molecule has 0 spiro atoms. The number of aromatic amines is 1. The maximum absolute atomic E-state index is 14.0. The molecule has 3 atom stereocenters. The summed E-state index contributed by atoms with van der Waals surface area (Å²) < 4.78 is 6.76. The second kappa shape index (κ2) is 11.0. The number of anilines is 2. The zero-order valence-electron chi connectivity index (χ0n) is 22.0. The zero-order chi connectivity index (χ0) is 28.8. The van der Waals surface area contributed by atoms with Gasteiger partial charge in [-0.2, -0.15) is 0 Å². The summed E-state index contributed by atoms with van der Waals surface area (Å²) in [5.74, 6) is -2.03. The van der Waals surface area contributed by atoms with Crippen LogP contribution in [0.2, 0.25) is 0 Å². The first kappa shape index (κ1) is 27.5. The lowest BCUT2D eigenvalue weighted by atomic mass is 9.82. The first-order valence-corrected chi connectivity index (χ1v) is 15.3. The molecule has 2 N–H and O–H groups in total. The summed E-state index contributed by atoms with van der Waals surface area (Å²) in [7, 11) is 0. The number of hydrogen-bond acceptors (Lipinski definition) is 7. The molecular formula is C30H24BrN3O5S2. The van der Waals surface area contributed by atoms with E-state index in [1.165, 1.54) is 16.7 Å². The van der Waals surface area contributed by atoms with Gasteiger partial charge in [0.2, 0.25) is 11.8 Å². The van der Waals surface area contributed by atoms with E-state index in [9.17, 15) is 19.2 Å². The molecule has 208 valence electrons. The maximum atomic E-state index is 14.0. The summed E-state index contributed by atoms with van der Waals surface area (Å²) >= 11 is 5.76. The van der Waals surface area contributed by atoms with Crippen molar-refractivity contribution >= 4 is 68.1 Å². The number of imide groups is 1. The lowest BCUT2D eigenvalue weighted by Gasteiger charge is -2.31. The van der Waals surface area contributed by atoms with Crippen LogP contribution in [0.4, 0.5) is 11.4 Å². The van der Waals surface area contributed by atoms with Crippen LogP contribution in [-0.2, 0) is 14.4 Å². The predicted octanol–water partition coefficient (Wildman–Crippen LogP) is 5.63. The minimum Gasteiger partial charge on any atom is -0.483 e. The summed E-state index contributed by atoms with van der Waals surface area (Å²) in [4.78, 5) is 57.4. The van der Waals surface area contributed by atoms with Crippen LogP contribution in [0.3, 0.4) is 0 Å². The number of benzene rings is 3. The fraction of sp³-hybridized carbons (Fsp3) is 0.200. The van der Waals surface area contributed by atoms with E-state index >= 15 is 0 Å². The van der Waals surface area contributed by atoms with Crippen LogP contribution < -0.4 is 19.8 Å². The first-order chi connectivity index (χ1) is 19.7. The Balaban J connectivity index is 1.36. The van der Waals surface area contributed by atoms with E-state index in [4.69, 9.17) is 4.74 Å². The monoisotopic (exact) mass is 649 g/mol. The first-order valence-electron chi connectivity index (χ1n) is 12.8. The standard InChI is InChI=1S/C30H24BrN3O5S2/c1-15-3-8-18(9-4-15)32-22(35)14-39-21-12-7-17(31)13-20(21)23-24-26(40-27-25(23)41-30(38)33-27)29(37)34(28(24)36)19-10-5-16(2)6-11-19/h3-13,23-24,26H,14H2,1-2H3,(H,32,35)(H,33,38). The number of aromatic nitrogens is 1. The molecule has 3 heterocycles. The van der Waals surface area contributed by atoms with Crippen molar-refractivity contribution in [2.24, 2.45) is 5.92 Å². The lowest BCUT2D eigenvalue weighted by Crippen LogP contribution is -2.32. The van der Waals surface area contributed by atoms with Crippen LogP contribution in [0.15, 0.2) is 81.0 Å². The normalized spacial score (nSPS) is 19.6. The molecule has 41 heavy (non-hydrogen) atoms. The molecule has 0 saturated carbocycles. The lowest BCUT2D eigenvalue weighted by molar-refractivity contribution is -0.122. The molecule has 0 aliphatic carbocycles. The third-order valence-electron chi connectivity index (χ3n) is 7.12. The van der Waals surface area contributed by atoms with Crippen LogP contribution in [-0.4, -0.2) is 34.6 Å². The molecule has 1 fully saturated rings. The Morgan fingerprint density at radius 2 is 1.66 bits per heavy atom. The van der Waals surface area contributed by atoms with Gasteiger partial charge in [0.25, 0.3) is 5.91 Å². The molecule has 8 nitrogen and oxygen atoms in total. The van der Waals surface area contributed by atoms with Crippen LogP contribution in [0.1, 0.15) is 27.5 Å². The summed E-state index contributed by atoms with van der Waals surface area (Å²) in [5.41, 5.74) is 3.87. The molecule has 3 unspecified atom stereocenters. The molecule has 3 amide bonds. The molecule has 6 rings (SSSR count). The fourth-order valence-electron chi connectivity index (χ4n) is 5.17. The van der Waals surface area contributed by atoms with Gasteiger partial charge < -0.3 is 15.0 Å². The highest BCUT2D eigenvalue weighted by molar-refractivity contribution is 9.10. The van der Waals surface area contributed by atoms with Crippen molar-refractivity contribution in [3.8, 4) is 5.75 Å². The molecule has 11 heteroatoms. The molecule has 1 saturated heterocycles. The largest absolute Gasteiger partial charge is 0.483 e. The SMILES string of the molecule is Cc1ccc(NC(=O)COc2ccc(Br)cc2C2c3sc(=O)[nH]c3SC3C(=O)N(c4ccc(C)cc4)C(=O)C32)cc1. The molecule has 1 aromatic heterocycles. The smallest absolute Gasteiger partial charge is 0.305 e. The predicted molar refractivity (Wildman–Crippen MR) is 163 cm³/mol. The number of carbonyl (C=O) groups excluding carboxylic acids is 3. The number of nitrogens with one attached hydrogen (secondary N) is 2. The molecular weight excluding hydrogens is 626 g/mol. The van der Waals surface area contributed by atoms with Crippen molar-refractivity contribution < 1.29 is 19.1 Å². The average molecular weight is 651 g/mol. The molecule has 0 radical (unpaired) electrons. The van der Waals surface area contributed by atoms with Gasteiger partial charge in [0.05, 0.1) is 16.6 Å². The zero-order valence-corrected chi connectivity index (χ0v) is 25.2. The van der Waals surface area contributed by atoms with Crippen molar-refractivity contribution in [2.45, 2.75) is 30.0 Å². The highest BCUT2D eigenvalue weighted by Gasteiger charge is 2.56. The second-order valence-corrected chi connectivity index (χ2v) is 13.1. The Bertz CT molecular complexity index is 1730. The number of ether oxygens (including phenoxy) is 1. The van der Waals surface area contributed by atoms with Gasteiger partial charge in [-0.15, -0.1) is 0 Å². The number of nitrogens with zero attached hydrogens (tertiary/aromatic N) is 1. The Kier molecular flexibility index (Phi) is 7.35. The number of hydrogen-bond donors (Lipinski definition) is 2.